The van der Waals surface area contributed by atoms with Gasteiger partial charge in [0.1, 0.15) is 0 Å². The van der Waals surface area contributed by atoms with E-state index in [1.54, 1.807) is 0 Å². The molecular formula is C13H27Cl2N3O2. The molecule has 2 aliphatic heterocycles. The molecule has 1 amide bonds. The lowest BCUT2D eigenvalue weighted by molar-refractivity contribution is -0.124. The Morgan fingerprint density at radius 2 is 2.05 bits per heavy atom. The number of amides is 1. The summed E-state index contributed by atoms with van der Waals surface area (Å²) in [6.45, 7) is 7.54. The fraction of sp³-hybridized carbons (Fsp3) is 0.923. The van der Waals surface area contributed by atoms with E-state index in [0.717, 1.165) is 52.2 Å². The normalized spacial score (nSPS) is 24.9. The first-order valence-electron chi connectivity index (χ1n) is 7.09. The molecule has 0 radical (unpaired) electrons. The molecule has 0 bridgehead atoms. The van der Waals surface area contributed by atoms with Crippen LogP contribution in [-0.4, -0.2) is 62.3 Å². The topological polar surface area (TPSA) is 53.6 Å². The number of morpholine rings is 1. The van der Waals surface area contributed by atoms with Crippen molar-refractivity contribution in [2.24, 2.45) is 0 Å². The van der Waals surface area contributed by atoms with Gasteiger partial charge in [-0.15, -0.1) is 24.8 Å². The van der Waals surface area contributed by atoms with Crippen molar-refractivity contribution in [1.82, 2.24) is 15.5 Å². The number of hydrogen-bond acceptors (Lipinski definition) is 4. The van der Waals surface area contributed by atoms with Crippen LogP contribution in [-0.2, 0) is 9.53 Å². The molecule has 2 aliphatic rings. The van der Waals surface area contributed by atoms with Gasteiger partial charge in [0.15, 0.2) is 0 Å². The highest BCUT2D eigenvalue weighted by molar-refractivity contribution is 5.85. The molecule has 0 spiro atoms. The molecule has 2 heterocycles. The third kappa shape index (κ3) is 6.59. The van der Waals surface area contributed by atoms with Crippen molar-refractivity contribution in [1.29, 1.82) is 0 Å². The molecule has 1 unspecified atom stereocenters. The number of halogens is 2. The number of carbonyl (C=O) groups is 1. The van der Waals surface area contributed by atoms with Gasteiger partial charge in [0.2, 0.25) is 5.91 Å². The summed E-state index contributed by atoms with van der Waals surface area (Å²) >= 11 is 0. The number of hydrogen-bond donors (Lipinski definition) is 2. The van der Waals surface area contributed by atoms with Crippen molar-refractivity contribution in [3.05, 3.63) is 0 Å². The highest BCUT2D eigenvalue weighted by Gasteiger charge is 2.22. The molecule has 5 nitrogen and oxygen atoms in total. The Labute approximate surface area is 134 Å². The van der Waals surface area contributed by atoms with Crippen LogP contribution in [0.1, 0.15) is 26.2 Å². The second kappa shape index (κ2) is 10.6. The van der Waals surface area contributed by atoms with E-state index in [4.69, 9.17) is 4.74 Å². The molecule has 7 heteroatoms. The summed E-state index contributed by atoms with van der Waals surface area (Å²) < 4.78 is 5.32. The number of nitrogens with one attached hydrogen (secondary N) is 2. The number of nitrogens with zero attached hydrogens (tertiary/aromatic N) is 1. The van der Waals surface area contributed by atoms with E-state index in [9.17, 15) is 4.79 Å². The van der Waals surface area contributed by atoms with E-state index in [2.05, 4.69) is 22.5 Å². The van der Waals surface area contributed by atoms with Crippen LogP contribution in [0.4, 0.5) is 0 Å². The molecule has 2 fully saturated rings. The lowest BCUT2D eigenvalue weighted by atomic mass is 10.0. The number of piperidine rings is 1. The fourth-order valence-electron chi connectivity index (χ4n) is 2.64. The largest absolute Gasteiger partial charge is 0.379 e. The number of ether oxygens (including phenoxy) is 1. The van der Waals surface area contributed by atoms with E-state index in [-0.39, 0.29) is 42.8 Å². The first-order chi connectivity index (χ1) is 8.75. The van der Waals surface area contributed by atoms with Crippen LogP contribution in [0, 0.1) is 0 Å². The van der Waals surface area contributed by atoms with Crippen LogP contribution in [0.2, 0.25) is 0 Å². The number of carbonyl (C=O) groups excluding carboxylic acids is 1. The lowest BCUT2D eigenvalue weighted by Gasteiger charge is -2.30. The molecule has 2 saturated heterocycles. The Bertz CT molecular complexity index is 270. The van der Waals surface area contributed by atoms with Gasteiger partial charge in [0, 0.05) is 25.7 Å². The van der Waals surface area contributed by atoms with E-state index in [1.807, 2.05) is 0 Å². The van der Waals surface area contributed by atoms with Gasteiger partial charge in [-0.05, 0) is 26.3 Å². The lowest BCUT2D eigenvalue weighted by Crippen LogP contribution is -2.52. The van der Waals surface area contributed by atoms with E-state index in [1.165, 1.54) is 6.42 Å². The highest BCUT2D eigenvalue weighted by Crippen LogP contribution is 2.07. The highest BCUT2D eigenvalue weighted by atomic mass is 35.5. The smallest absolute Gasteiger partial charge is 0.237 e. The average Bonchev–Trinajstić information content (AvgIpc) is 2.40. The zero-order valence-corrected chi connectivity index (χ0v) is 13.7. The van der Waals surface area contributed by atoms with Gasteiger partial charge in [-0.2, -0.15) is 0 Å². The predicted octanol–water partition coefficient (Wildman–Crippen LogP) is 0.809. The molecule has 120 valence electrons. The van der Waals surface area contributed by atoms with Crippen LogP contribution in [0.5, 0.6) is 0 Å². The molecular weight excluding hydrogens is 301 g/mol. The van der Waals surface area contributed by atoms with Gasteiger partial charge < -0.3 is 15.4 Å². The Morgan fingerprint density at radius 1 is 1.35 bits per heavy atom. The van der Waals surface area contributed by atoms with Crippen molar-refractivity contribution >= 4 is 30.7 Å². The average molecular weight is 328 g/mol. The second-order valence-electron chi connectivity index (χ2n) is 5.33. The van der Waals surface area contributed by atoms with Crippen molar-refractivity contribution in [2.75, 3.05) is 39.4 Å². The maximum Gasteiger partial charge on any atom is 0.237 e. The summed E-state index contributed by atoms with van der Waals surface area (Å²) in [5.74, 6) is 0.162. The molecule has 2 rings (SSSR count). The minimum atomic E-state index is 0. The minimum absolute atomic E-state index is 0. The van der Waals surface area contributed by atoms with Crippen LogP contribution >= 0.6 is 24.8 Å². The van der Waals surface area contributed by atoms with Gasteiger partial charge in [0.05, 0.1) is 19.3 Å². The van der Waals surface area contributed by atoms with E-state index in [0.29, 0.717) is 0 Å². The summed E-state index contributed by atoms with van der Waals surface area (Å²) in [7, 11) is 0. The SMILES string of the molecule is CC(CN1CCOCC1)NC(=O)[C@H]1CCCCN1.Cl.Cl. The van der Waals surface area contributed by atoms with Crippen molar-refractivity contribution in [3.63, 3.8) is 0 Å². The van der Waals surface area contributed by atoms with Gasteiger partial charge in [-0.25, -0.2) is 0 Å². The van der Waals surface area contributed by atoms with Gasteiger partial charge in [-0.1, -0.05) is 6.42 Å². The maximum absolute atomic E-state index is 12.0. The van der Waals surface area contributed by atoms with E-state index >= 15 is 0 Å². The summed E-state index contributed by atoms with van der Waals surface area (Å²) in [6, 6.07) is 0.227. The van der Waals surface area contributed by atoms with Gasteiger partial charge in [-0.3, -0.25) is 9.69 Å². The van der Waals surface area contributed by atoms with Gasteiger partial charge >= 0.3 is 0 Å². The number of rotatable bonds is 4. The Hall–Kier alpha value is -0.0700. The first-order valence-corrected chi connectivity index (χ1v) is 7.09. The molecule has 0 saturated carbocycles. The molecule has 0 aromatic heterocycles. The van der Waals surface area contributed by atoms with Crippen molar-refractivity contribution < 1.29 is 9.53 Å². The molecule has 0 aromatic rings. The molecule has 0 aromatic carbocycles. The molecule has 2 atom stereocenters. The van der Waals surface area contributed by atoms with Crippen LogP contribution in [0.3, 0.4) is 0 Å². The minimum Gasteiger partial charge on any atom is -0.379 e. The summed E-state index contributed by atoms with van der Waals surface area (Å²) in [6.07, 6.45) is 3.31. The molecule has 20 heavy (non-hydrogen) atoms. The third-order valence-electron chi connectivity index (χ3n) is 3.65. The first kappa shape index (κ1) is 19.9. The quantitative estimate of drug-likeness (QED) is 0.802. The van der Waals surface area contributed by atoms with Crippen LogP contribution in [0.15, 0.2) is 0 Å². The zero-order chi connectivity index (χ0) is 12.8. The summed E-state index contributed by atoms with van der Waals surface area (Å²) in [4.78, 5) is 14.4. The molecule has 2 N–H and O–H groups in total. The maximum atomic E-state index is 12.0. The second-order valence-corrected chi connectivity index (χ2v) is 5.33. The predicted molar refractivity (Wildman–Crippen MR) is 85.0 cm³/mol. The Morgan fingerprint density at radius 3 is 2.65 bits per heavy atom. The van der Waals surface area contributed by atoms with Crippen molar-refractivity contribution in [2.45, 2.75) is 38.3 Å². The third-order valence-corrected chi connectivity index (χ3v) is 3.65. The molecule has 0 aliphatic carbocycles. The standard InChI is InChI=1S/C13H25N3O2.2ClH/c1-11(10-16-6-8-18-9-7-16)15-13(17)12-4-2-3-5-14-12;;/h11-12,14H,2-10H2,1H3,(H,15,17);2*1H/t11?,12-;;/m1../s1. The monoisotopic (exact) mass is 327 g/mol. The van der Waals surface area contributed by atoms with Crippen LogP contribution < -0.4 is 10.6 Å². The van der Waals surface area contributed by atoms with Crippen molar-refractivity contribution in [3.8, 4) is 0 Å². The summed E-state index contributed by atoms with van der Waals surface area (Å²) in [5.41, 5.74) is 0. The fourth-order valence-corrected chi connectivity index (χ4v) is 2.64. The summed E-state index contributed by atoms with van der Waals surface area (Å²) in [5, 5.41) is 6.40. The zero-order valence-electron chi connectivity index (χ0n) is 12.1. The van der Waals surface area contributed by atoms with Crippen LogP contribution in [0.25, 0.3) is 0 Å². The van der Waals surface area contributed by atoms with Gasteiger partial charge in [0.25, 0.3) is 0 Å². The Balaban J connectivity index is 0.00000180. The Kier molecular flexibility index (Phi) is 10.6. The van der Waals surface area contributed by atoms with E-state index < -0.39 is 0 Å².